The van der Waals surface area contributed by atoms with Gasteiger partial charge < -0.3 is 4.74 Å². The Hall–Kier alpha value is -2.27. The summed E-state index contributed by atoms with van der Waals surface area (Å²) in [6.07, 6.45) is 0. The van der Waals surface area contributed by atoms with E-state index in [4.69, 9.17) is 4.74 Å². The van der Waals surface area contributed by atoms with Crippen molar-refractivity contribution >= 4 is 0 Å². The predicted octanol–water partition coefficient (Wildman–Crippen LogP) is 4.43. The maximum Gasteiger partial charge on any atom is 0.137 e. The Morgan fingerprint density at radius 1 is 1.05 bits per heavy atom. The number of benzene rings is 2. The zero-order valence-electron chi connectivity index (χ0n) is 12.2. The summed E-state index contributed by atoms with van der Waals surface area (Å²) in [5.41, 5.74) is 2.86. The van der Waals surface area contributed by atoms with Gasteiger partial charge in [0.1, 0.15) is 18.4 Å². The molecule has 2 nitrogen and oxygen atoms in total. The van der Waals surface area contributed by atoms with E-state index < -0.39 is 0 Å². The quantitative estimate of drug-likeness (QED) is 0.822. The molecule has 0 N–H and O–H groups in total. The Kier molecular flexibility index (Phi) is 4.10. The summed E-state index contributed by atoms with van der Waals surface area (Å²) < 4.78 is 5.76. The van der Waals surface area contributed by atoms with Gasteiger partial charge in [-0.05, 0) is 28.7 Å². The van der Waals surface area contributed by atoms with Crippen LogP contribution in [-0.2, 0) is 12.0 Å². The van der Waals surface area contributed by atoms with E-state index in [0.29, 0.717) is 17.9 Å². The van der Waals surface area contributed by atoms with E-state index in [0.717, 1.165) is 11.1 Å². The van der Waals surface area contributed by atoms with Gasteiger partial charge in [-0.2, -0.15) is 5.26 Å². The third-order valence-electron chi connectivity index (χ3n) is 3.20. The molecule has 102 valence electrons. The molecule has 0 spiro atoms. The van der Waals surface area contributed by atoms with Crippen LogP contribution in [0.15, 0.2) is 48.5 Å². The lowest BCUT2D eigenvalue weighted by atomic mass is 9.86. The Morgan fingerprint density at radius 2 is 1.75 bits per heavy atom. The fourth-order valence-electron chi connectivity index (χ4n) is 1.95. The average Bonchev–Trinajstić information content (AvgIpc) is 2.45. The maximum absolute atomic E-state index is 9.28. The van der Waals surface area contributed by atoms with Crippen LogP contribution in [0.1, 0.15) is 37.5 Å². The topological polar surface area (TPSA) is 33.0 Å². The third kappa shape index (κ3) is 3.39. The maximum atomic E-state index is 9.28. The number of nitriles is 1. The minimum absolute atomic E-state index is 0.0313. The number of hydrogen-bond donors (Lipinski definition) is 0. The SMILES string of the molecule is CC(C)(C)c1ccc(OCc2ccccc2)c(C#N)c1. The van der Waals surface area contributed by atoms with Crippen LogP contribution < -0.4 is 4.74 Å². The third-order valence-corrected chi connectivity index (χ3v) is 3.20. The van der Waals surface area contributed by atoms with Crippen molar-refractivity contribution in [2.45, 2.75) is 32.8 Å². The van der Waals surface area contributed by atoms with E-state index in [9.17, 15) is 5.26 Å². The molecule has 0 heterocycles. The van der Waals surface area contributed by atoms with Crippen molar-refractivity contribution < 1.29 is 4.74 Å². The highest BCUT2D eigenvalue weighted by molar-refractivity contribution is 5.47. The van der Waals surface area contributed by atoms with Crippen LogP contribution in [0.3, 0.4) is 0 Å². The first-order valence-corrected chi connectivity index (χ1v) is 6.72. The van der Waals surface area contributed by atoms with Crippen LogP contribution >= 0.6 is 0 Å². The van der Waals surface area contributed by atoms with Crippen molar-refractivity contribution in [1.82, 2.24) is 0 Å². The number of ether oxygens (including phenoxy) is 1. The first-order valence-electron chi connectivity index (χ1n) is 6.72. The van der Waals surface area contributed by atoms with Crippen molar-refractivity contribution in [2.24, 2.45) is 0 Å². The van der Waals surface area contributed by atoms with Crippen LogP contribution in [0.2, 0.25) is 0 Å². The van der Waals surface area contributed by atoms with Gasteiger partial charge in [0.05, 0.1) is 5.56 Å². The molecule has 20 heavy (non-hydrogen) atoms. The van der Waals surface area contributed by atoms with Gasteiger partial charge in [0.25, 0.3) is 0 Å². The van der Waals surface area contributed by atoms with Crippen molar-refractivity contribution in [3.05, 3.63) is 65.2 Å². The predicted molar refractivity (Wildman–Crippen MR) is 80.6 cm³/mol. The minimum Gasteiger partial charge on any atom is -0.488 e. The van der Waals surface area contributed by atoms with Crippen LogP contribution in [0.5, 0.6) is 5.75 Å². The minimum atomic E-state index is 0.0313. The Labute approximate surface area is 120 Å². The zero-order chi connectivity index (χ0) is 14.6. The van der Waals surface area contributed by atoms with E-state index >= 15 is 0 Å². The Balaban J connectivity index is 2.19. The molecule has 0 aliphatic carbocycles. The summed E-state index contributed by atoms with van der Waals surface area (Å²) in [5, 5.41) is 9.28. The van der Waals surface area contributed by atoms with E-state index in [1.54, 1.807) is 0 Å². The van der Waals surface area contributed by atoms with Gasteiger partial charge in [0.15, 0.2) is 0 Å². The van der Waals surface area contributed by atoms with Gasteiger partial charge in [-0.25, -0.2) is 0 Å². The van der Waals surface area contributed by atoms with Gasteiger partial charge in [0.2, 0.25) is 0 Å². The molecule has 0 aliphatic rings. The standard InChI is InChI=1S/C18H19NO/c1-18(2,3)16-9-10-17(15(11-16)12-19)20-13-14-7-5-4-6-8-14/h4-11H,13H2,1-3H3. The highest BCUT2D eigenvalue weighted by Gasteiger charge is 2.16. The second-order valence-electron chi connectivity index (χ2n) is 5.85. The lowest BCUT2D eigenvalue weighted by Gasteiger charge is -2.20. The highest BCUT2D eigenvalue weighted by atomic mass is 16.5. The summed E-state index contributed by atoms with van der Waals surface area (Å²) in [6, 6.07) is 18.0. The molecule has 0 saturated heterocycles. The molecule has 0 amide bonds. The number of hydrogen-bond acceptors (Lipinski definition) is 2. The molecule has 2 aromatic rings. The van der Waals surface area contributed by atoms with Gasteiger partial charge in [0, 0.05) is 0 Å². The van der Waals surface area contributed by atoms with Crippen molar-refractivity contribution in [1.29, 1.82) is 5.26 Å². The van der Waals surface area contributed by atoms with Crippen molar-refractivity contribution in [3.63, 3.8) is 0 Å². The first-order chi connectivity index (χ1) is 9.50. The molecule has 0 atom stereocenters. The molecule has 0 aliphatic heterocycles. The lowest BCUT2D eigenvalue weighted by Crippen LogP contribution is -2.11. The Bertz CT molecular complexity index is 618. The Morgan fingerprint density at radius 3 is 2.35 bits per heavy atom. The summed E-state index contributed by atoms with van der Waals surface area (Å²) in [4.78, 5) is 0. The fraction of sp³-hybridized carbons (Fsp3) is 0.278. The molecule has 2 aromatic carbocycles. The molecule has 0 bridgehead atoms. The molecule has 0 unspecified atom stereocenters. The molecule has 0 fully saturated rings. The highest BCUT2D eigenvalue weighted by Crippen LogP contribution is 2.28. The lowest BCUT2D eigenvalue weighted by molar-refractivity contribution is 0.305. The summed E-state index contributed by atoms with van der Waals surface area (Å²) in [7, 11) is 0. The van der Waals surface area contributed by atoms with Crippen LogP contribution in [0, 0.1) is 11.3 Å². The van der Waals surface area contributed by atoms with Gasteiger partial charge >= 0.3 is 0 Å². The average molecular weight is 265 g/mol. The molecule has 2 rings (SSSR count). The van der Waals surface area contributed by atoms with Crippen LogP contribution in [0.25, 0.3) is 0 Å². The largest absolute Gasteiger partial charge is 0.488 e. The monoisotopic (exact) mass is 265 g/mol. The van der Waals surface area contributed by atoms with Crippen molar-refractivity contribution in [3.8, 4) is 11.8 Å². The number of nitrogens with zero attached hydrogens (tertiary/aromatic N) is 1. The normalized spacial score (nSPS) is 10.9. The smallest absolute Gasteiger partial charge is 0.137 e. The summed E-state index contributed by atoms with van der Waals surface area (Å²) in [5.74, 6) is 0.643. The molecule has 0 aromatic heterocycles. The fourth-order valence-corrected chi connectivity index (χ4v) is 1.95. The van der Waals surface area contributed by atoms with E-state index in [2.05, 4.69) is 26.8 Å². The second-order valence-corrected chi connectivity index (χ2v) is 5.85. The molecular formula is C18H19NO. The van der Waals surface area contributed by atoms with Crippen molar-refractivity contribution in [2.75, 3.05) is 0 Å². The molecule has 2 heteroatoms. The van der Waals surface area contributed by atoms with Gasteiger partial charge in [-0.15, -0.1) is 0 Å². The first kappa shape index (κ1) is 14.1. The number of rotatable bonds is 3. The molecular weight excluding hydrogens is 246 g/mol. The van der Waals surface area contributed by atoms with Gasteiger partial charge in [-0.3, -0.25) is 0 Å². The summed E-state index contributed by atoms with van der Waals surface area (Å²) >= 11 is 0. The van der Waals surface area contributed by atoms with Crippen LogP contribution in [0.4, 0.5) is 0 Å². The molecule has 0 saturated carbocycles. The zero-order valence-corrected chi connectivity index (χ0v) is 12.2. The van der Waals surface area contributed by atoms with Gasteiger partial charge in [-0.1, -0.05) is 57.2 Å². The van der Waals surface area contributed by atoms with E-state index in [-0.39, 0.29) is 5.41 Å². The molecule has 0 radical (unpaired) electrons. The van der Waals surface area contributed by atoms with E-state index in [1.165, 1.54) is 0 Å². The second kappa shape index (κ2) is 5.79. The van der Waals surface area contributed by atoms with Crippen LogP contribution in [-0.4, -0.2) is 0 Å². The summed E-state index contributed by atoms with van der Waals surface area (Å²) in [6.45, 7) is 6.88. The van der Waals surface area contributed by atoms with E-state index in [1.807, 2.05) is 48.5 Å².